The van der Waals surface area contributed by atoms with Crippen molar-refractivity contribution in [2.24, 2.45) is 0 Å². The lowest BCUT2D eigenvalue weighted by atomic mass is 9.90. The summed E-state index contributed by atoms with van der Waals surface area (Å²) in [6.45, 7) is 10.5. The molecule has 2 N–H and O–H groups in total. The molecule has 0 fully saturated rings. The van der Waals surface area contributed by atoms with Gasteiger partial charge in [0.2, 0.25) is 0 Å². The van der Waals surface area contributed by atoms with Crippen LogP contribution >= 0.6 is 0 Å². The van der Waals surface area contributed by atoms with E-state index in [4.69, 9.17) is 0 Å². The number of rotatable bonds is 8. The third-order valence-electron chi connectivity index (χ3n) is 4.08. The van der Waals surface area contributed by atoms with E-state index in [-0.39, 0.29) is 11.5 Å². The Morgan fingerprint density at radius 2 is 1.30 bits per heavy atom. The highest BCUT2D eigenvalue weighted by Crippen LogP contribution is 2.35. The van der Waals surface area contributed by atoms with Crippen LogP contribution in [0.3, 0.4) is 0 Å². The smallest absolute Gasteiger partial charge is 0.123 e. The molecule has 23 heavy (non-hydrogen) atoms. The maximum absolute atomic E-state index is 10.3. The fourth-order valence-corrected chi connectivity index (χ4v) is 2.72. The quantitative estimate of drug-likeness (QED) is 0.466. The number of aromatic hydroxyl groups is 2. The summed E-state index contributed by atoms with van der Waals surface area (Å²) in [5.41, 5.74) is 5.55. The predicted molar refractivity (Wildman–Crippen MR) is 99.3 cm³/mol. The summed E-state index contributed by atoms with van der Waals surface area (Å²) in [4.78, 5) is 0. The first-order chi connectivity index (χ1) is 10.9. The normalized spacial score (nSPS) is 10.5. The van der Waals surface area contributed by atoms with Gasteiger partial charge in [0.25, 0.3) is 0 Å². The summed E-state index contributed by atoms with van der Waals surface area (Å²) in [6.07, 6.45) is 10.0. The molecule has 0 amide bonds. The summed E-state index contributed by atoms with van der Waals surface area (Å²) in [7, 11) is 0. The van der Waals surface area contributed by atoms with Crippen LogP contribution in [0, 0.1) is 0 Å². The molecule has 0 aromatic heterocycles. The Hall–Kier alpha value is -1.70. The van der Waals surface area contributed by atoms with Gasteiger partial charge in [-0.05, 0) is 58.9 Å². The summed E-state index contributed by atoms with van der Waals surface area (Å²) < 4.78 is 0. The van der Waals surface area contributed by atoms with E-state index < -0.39 is 0 Å². The summed E-state index contributed by atoms with van der Waals surface area (Å²) in [5.74, 6) is 0.430. The average Bonchev–Trinajstić information content (AvgIpc) is 2.45. The van der Waals surface area contributed by atoms with E-state index in [1.54, 1.807) is 0 Å². The minimum absolute atomic E-state index is 0.215. The SMILES string of the molecule is CCCCCc1c(CC=C(C)C)c(O)cc(O)c1CC=C(C)C. The molecule has 0 aliphatic heterocycles. The van der Waals surface area contributed by atoms with Gasteiger partial charge in [-0.1, -0.05) is 43.1 Å². The van der Waals surface area contributed by atoms with Crippen molar-refractivity contribution < 1.29 is 10.2 Å². The first-order valence-corrected chi connectivity index (χ1v) is 8.69. The van der Waals surface area contributed by atoms with Crippen molar-refractivity contribution in [3.8, 4) is 11.5 Å². The molecule has 1 rings (SSSR count). The molecule has 0 aliphatic rings. The first-order valence-electron chi connectivity index (χ1n) is 8.69. The van der Waals surface area contributed by atoms with Gasteiger partial charge in [0.1, 0.15) is 11.5 Å². The van der Waals surface area contributed by atoms with Crippen molar-refractivity contribution >= 4 is 0 Å². The standard InChI is InChI=1S/C21H32O2/c1-6-7-8-9-17-18(12-10-15(2)3)20(22)14-21(23)19(17)13-11-16(4)5/h10-11,14,22-23H,6-9,12-13H2,1-5H3. The van der Waals surface area contributed by atoms with Gasteiger partial charge in [0.15, 0.2) is 0 Å². The van der Waals surface area contributed by atoms with E-state index in [2.05, 4.69) is 46.8 Å². The highest BCUT2D eigenvalue weighted by molar-refractivity contribution is 5.53. The Balaban J connectivity index is 3.31. The highest BCUT2D eigenvalue weighted by atomic mass is 16.3. The van der Waals surface area contributed by atoms with Crippen molar-refractivity contribution in [3.05, 3.63) is 46.1 Å². The van der Waals surface area contributed by atoms with Crippen molar-refractivity contribution in [2.75, 3.05) is 0 Å². The molecule has 0 saturated heterocycles. The Kier molecular flexibility index (Phi) is 7.94. The number of hydrogen-bond donors (Lipinski definition) is 2. The van der Waals surface area contributed by atoms with E-state index in [1.807, 2.05) is 0 Å². The highest BCUT2D eigenvalue weighted by Gasteiger charge is 2.16. The van der Waals surface area contributed by atoms with Crippen LogP contribution in [0.15, 0.2) is 29.4 Å². The zero-order chi connectivity index (χ0) is 17.4. The molecule has 2 heteroatoms. The number of hydrogen-bond acceptors (Lipinski definition) is 2. The predicted octanol–water partition coefficient (Wildman–Crippen LogP) is 5.85. The van der Waals surface area contributed by atoms with Gasteiger partial charge in [-0.2, -0.15) is 0 Å². The van der Waals surface area contributed by atoms with Crippen molar-refractivity contribution in [3.63, 3.8) is 0 Å². The molecule has 0 unspecified atom stereocenters. The largest absolute Gasteiger partial charge is 0.508 e. The minimum Gasteiger partial charge on any atom is -0.508 e. The topological polar surface area (TPSA) is 40.5 Å². The van der Waals surface area contributed by atoms with E-state index in [0.717, 1.165) is 48.8 Å². The van der Waals surface area contributed by atoms with Crippen LogP contribution in [0.4, 0.5) is 0 Å². The molecule has 0 aliphatic carbocycles. The molecule has 0 radical (unpaired) electrons. The Morgan fingerprint density at radius 3 is 1.70 bits per heavy atom. The number of allylic oxidation sites excluding steroid dienone is 4. The summed E-state index contributed by atoms with van der Waals surface area (Å²) in [6, 6.07) is 1.51. The number of benzene rings is 1. The van der Waals surface area contributed by atoms with Crippen molar-refractivity contribution in [1.29, 1.82) is 0 Å². The molecule has 0 heterocycles. The lowest BCUT2D eigenvalue weighted by Crippen LogP contribution is -2.02. The third kappa shape index (κ3) is 6.13. The van der Waals surface area contributed by atoms with Crippen molar-refractivity contribution in [2.45, 2.75) is 73.1 Å². The Morgan fingerprint density at radius 1 is 0.826 bits per heavy atom. The summed E-state index contributed by atoms with van der Waals surface area (Å²) in [5, 5.41) is 20.7. The number of phenols is 2. The second kappa shape index (κ2) is 9.44. The number of unbranched alkanes of at least 4 members (excludes halogenated alkanes) is 2. The first kappa shape index (κ1) is 19.3. The Labute approximate surface area is 141 Å². The minimum atomic E-state index is 0.215. The van der Waals surface area contributed by atoms with Crippen LogP contribution in [0.1, 0.15) is 70.6 Å². The van der Waals surface area contributed by atoms with Gasteiger partial charge in [-0.15, -0.1) is 0 Å². The molecular weight excluding hydrogens is 284 g/mol. The van der Waals surface area contributed by atoms with Crippen LogP contribution in [0.5, 0.6) is 11.5 Å². The maximum atomic E-state index is 10.3. The van der Waals surface area contributed by atoms with Gasteiger partial charge in [-0.3, -0.25) is 0 Å². The van der Waals surface area contributed by atoms with E-state index in [9.17, 15) is 10.2 Å². The van der Waals surface area contributed by atoms with Gasteiger partial charge in [0.05, 0.1) is 0 Å². The molecule has 128 valence electrons. The van der Waals surface area contributed by atoms with E-state index in [0.29, 0.717) is 0 Å². The molecular formula is C21H32O2. The molecule has 0 atom stereocenters. The molecule has 1 aromatic carbocycles. The second-order valence-corrected chi connectivity index (χ2v) is 6.78. The van der Waals surface area contributed by atoms with E-state index >= 15 is 0 Å². The fourth-order valence-electron chi connectivity index (χ4n) is 2.72. The van der Waals surface area contributed by atoms with Gasteiger partial charge < -0.3 is 10.2 Å². The molecule has 1 aromatic rings. The van der Waals surface area contributed by atoms with Crippen LogP contribution in [-0.4, -0.2) is 10.2 Å². The van der Waals surface area contributed by atoms with Crippen molar-refractivity contribution in [1.82, 2.24) is 0 Å². The van der Waals surface area contributed by atoms with Crippen LogP contribution in [0.2, 0.25) is 0 Å². The fraction of sp³-hybridized carbons (Fsp3) is 0.524. The summed E-state index contributed by atoms with van der Waals surface area (Å²) >= 11 is 0. The molecule has 0 bridgehead atoms. The third-order valence-corrected chi connectivity index (χ3v) is 4.08. The zero-order valence-electron chi connectivity index (χ0n) is 15.4. The zero-order valence-corrected chi connectivity index (χ0v) is 15.4. The molecule has 0 saturated carbocycles. The van der Waals surface area contributed by atoms with Gasteiger partial charge in [-0.25, -0.2) is 0 Å². The second-order valence-electron chi connectivity index (χ2n) is 6.78. The number of phenolic OH excluding ortho intramolecular Hbond substituents is 2. The molecule has 2 nitrogen and oxygen atoms in total. The Bertz CT molecular complexity index is 528. The van der Waals surface area contributed by atoms with E-state index in [1.165, 1.54) is 23.6 Å². The maximum Gasteiger partial charge on any atom is 0.123 e. The molecule has 0 spiro atoms. The average molecular weight is 316 g/mol. The lowest BCUT2D eigenvalue weighted by molar-refractivity contribution is 0.441. The van der Waals surface area contributed by atoms with Crippen LogP contribution in [-0.2, 0) is 19.3 Å². The van der Waals surface area contributed by atoms with Gasteiger partial charge >= 0.3 is 0 Å². The van der Waals surface area contributed by atoms with Crippen LogP contribution in [0.25, 0.3) is 0 Å². The van der Waals surface area contributed by atoms with Gasteiger partial charge in [0, 0.05) is 17.2 Å². The monoisotopic (exact) mass is 316 g/mol. The lowest BCUT2D eigenvalue weighted by Gasteiger charge is -2.17. The van der Waals surface area contributed by atoms with Crippen LogP contribution < -0.4 is 0 Å².